The van der Waals surface area contributed by atoms with Gasteiger partial charge in [-0.15, -0.1) is 0 Å². The standard InChI is InChI=1S/C19H24N2O6S/c1-25-14-7-5-13(6-8-14)17(21-28(4,23)24)12-19(22)20-16-10-9-15(26-2)11-18(16)27-3/h5-11,17,21H,12H2,1-4H3,(H,20,22)/t17-/m0/s1. The summed E-state index contributed by atoms with van der Waals surface area (Å²) in [7, 11) is 1.02. The van der Waals surface area contributed by atoms with Crippen LogP contribution in [0.4, 0.5) is 5.69 Å². The van der Waals surface area contributed by atoms with Crippen molar-refractivity contribution < 1.29 is 27.4 Å². The average molecular weight is 408 g/mol. The maximum Gasteiger partial charge on any atom is 0.226 e. The lowest BCUT2D eigenvalue weighted by atomic mass is 10.0. The number of methoxy groups -OCH3 is 3. The fraction of sp³-hybridized carbons (Fsp3) is 0.316. The molecule has 152 valence electrons. The fourth-order valence-corrected chi connectivity index (χ4v) is 3.35. The van der Waals surface area contributed by atoms with Gasteiger partial charge in [0, 0.05) is 12.5 Å². The normalized spacial score (nSPS) is 12.1. The van der Waals surface area contributed by atoms with E-state index < -0.39 is 16.1 Å². The summed E-state index contributed by atoms with van der Waals surface area (Å²) in [5.41, 5.74) is 1.10. The largest absolute Gasteiger partial charge is 0.497 e. The second-order valence-electron chi connectivity index (χ2n) is 6.03. The van der Waals surface area contributed by atoms with Gasteiger partial charge in [-0.2, -0.15) is 0 Å². The number of ether oxygens (including phenoxy) is 3. The summed E-state index contributed by atoms with van der Waals surface area (Å²) in [6.07, 6.45) is 0.947. The van der Waals surface area contributed by atoms with E-state index in [-0.39, 0.29) is 12.3 Å². The lowest BCUT2D eigenvalue weighted by Crippen LogP contribution is -2.30. The summed E-state index contributed by atoms with van der Waals surface area (Å²) in [4.78, 5) is 12.6. The van der Waals surface area contributed by atoms with Crippen LogP contribution in [-0.2, 0) is 14.8 Å². The van der Waals surface area contributed by atoms with E-state index in [0.717, 1.165) is 6.26 Å². The molecule has 0 saturated carbocycles. The molecule has 0 radical (unpaired) electrons. The minimum atomic E-state index is -3.53. The van der Waals surface area contributed by atoms with Crippen LogP contribution in [0.3, 0.4) is 0 Å². The lowest BCUT2D eigenvalue weighted by molar-refractivity contribution is -0.116. The van der Waals surface area contributed by atoms with Crippen LogP contribution in [-0.4, -0.2) is 41.9 Å². The monoisotopic (exact) mass is 408 g/mol. The second-order valence-corrected chi connectivity index (χ2v) is 7.81. The Bertz CT molecular complexity index is 913. The van der Waals surface area contributed by atoms with Crippen LogP contribution in [0.5, 0.6) is 17.2 Å². The Kier molecular flexibility index (Phi) is 7.24. The number of hydrogen-bond donors (Lipinski definition) is 2. The first-order valence-corrected chi connectivity index (χ1v) is 10.3. The molecular weight excluding hydrogens is 384 g/mol. The first-order chi connectivity index (χ1) is 13.3. The van der Waals surface area contributed by atoms with Crippen LogP contribution in [0.2, 0.25) is 0 Å². The van der Waals surface area contributed by atoms with Gasteiger partial charge in [-0.1, -0.05) is 12.1 Å². The molecule has 2 aromatic rings. The highest BCUT2D eigenvalue weighted by atomic mass is 32.2. The van der Waals surface area contributed by atoms with E-state index in [1.54, 1.807) is 42.5 Å². The number of rotatable bonds is 9. The van der Waals surface area contributed by atoms with Gasteiger partial charge in [0.15, 0.2) is 0 Å². The van der Waals surface area contributed by atoms with E-state index in [9.17, 15) is 13.2 Å². The van der Waals surface area contributed by atoms with E-state index >= 15 is 0 Å². The molecule has 8 nitrogen and oxygen atoms in total. The van der Waals surface area contributed by atoms with Crippen LogP contribution in [0, 0.1) is 0 Å². The van der Waals surface area contributed by atoms with Crippen LogP contribution >= 0.6 is 0 Å². The molecule has 9 heteroatoms. The zero-order valence-electron chi connectivity index (χ0n) is 16.2. The molecule has 2 rings (SSSR count). The molecule has 2 aromatic carbocycles. The first kappa shape index (κ1) is 21.5. The number of hydrogen-bond acceptors (Lipinski definition) is 6. The van der Waals surface area contributed by atoms with Crippen LogP contribution in [0.1, 0.15) is 18.0 Å². The molecule has 0 spiro atoms. The molecule has 28 heavy (non-hydrogen) atoms. The number of sulfonamides is 1. The molecule has 2 N–H and O–H groups in total. The van der Waals surface area contributed by atoms with Crippen LogP contribution in [0.25, 0.3) is 0 Å². The molecule has 0 bridgehead atoms. The van der Waals surface area contributed by atoms with Gasteiger partial charge >= 0.3 is 0 Å². The molecule has 0 aliphatic rings. The third kappa shape index (κ3) is 6.14. The van der Waals surface area contributed by atoms with Gasteiger partial charge in [0.05, 0.1) is 39.3 Å². The molecule has 0 saturated heterocycles. The number of amides is 1. The van der Waals surface area contributed by atoms with Gasteiger partial charge in [0.25, 0.3) is 0 Å². The summed E-state index contributed by atoms with van der Waals surface area (Å²) in [6.45, 7) is 0. The quantitative estimate of drug-likeness (QED) is 0.660. The Hall–Kier alpha value is -2.78. The predicted octanol–water partition coefficient (Wildman–Crippen LogP) is 2.33. The Balaban J connectivity index is 2.20. The fourth-order valence-electron chi connectivity index (χ4n) is 2.61. The van der Waals surface area contributed by atoms with Gasteiger partial charge in [-0.05, 0) is 29.8 Å². The van der Waals surface area contributed by atoms with E-state index in [1.165, 1.54) is 21.3 Å². The molecule has 0 fully saturated rings. The highest BCUT2D eigenvalue weighted by Gasteiger charge is 2.21. The maximum atomic E-state index is 12.6. The lowest BCUT2D eigenvalue weighted by Gasteiger charge is -2.19. The van der Waals surface area contributed by atoms with E-state index in [0.29, 0.717) is 28.5 Å². The summed E-state index contributed by atoms with van der Waals surface area (Å²) >= 11 is 0. The smallest absolute Gasteiger partial charge is 0.226 e. The molecule has 0 unspecified atom stereocenters. The first-order valence-electron chi connectivity index (χ1n) is 8.39. The number of carbonyl (C=O) groups excluding carboxylic acids is 1. The van der Waals surface area contributed by atoms with Crippen molar-refractivity contribution in [2.75, 3.05) is 32.9 Å². The van der Waals surface area contributed by atoms with Crippen molar-refractivity contribution in [3.05, 3.63) is 48.0 Å². The zero-order chi connectivity index (χ0) is 20.7. The molecule has 0 aliphatic heterocycles. The Labute approximate surface area is 164 Å². The van der Waals surface area contributed by atoms with Crippen LogP contribution in [0.15, 0.2) is 42.5 Å². The summed E-state index contributed by atoms with van der Waals surface area (Å²) in [5, 5.41) is 2.74. The SMILES string of the molecule is COc1ccc([C@H](CC(=O)Nc2ccc(OC)cc2OC)NS(C)(=O)=O)cc1. The minimum Gasteiger partial charge on any atom is -0.497 e. The van der Waals surface area contributed by atoms with Gasteiger partial charge in [0.2, 0.25) is 15.9 Å². The van der Waals surface area contributed by atoms with Crippen LogP contribution < -0.4 is 24.2 Å². The van der Waals surface area contributed by atoms with Crippen molar-refractivity contribution in [2.24, 2.45) is 0 Å². The summed E-state index contributed by atoms with van der Waals surface area (Å²) in [5.74, 6) is 1.28. The number of benzene rings is 2. The second kappa shape index (κ2) is 9.43. The topological polar surface area (TPSA) is 103 Å². The van der Waals surface area contributed by atoms with Crippen molar-refractivity contribution in [1.82, 2.24) is 4.72 Å². The Morgan fingerprint density at radius 2 is 1.57 bits per heavy atom. The molecule has 0 aliphatic carbocycles. The van der Waals surface area contributed by atoms with Gasteiger partial charge in [0.1, 0.15) is 17.2 Å². The molecule has 0 heterocycles. The van der Waals surface area contributed by atoms with Crippen molar-refractivity contribution in [1.29, 1.82) is 0 Å². The van der Waals surface area contributed by atoms with E-state index in [1.807, 2.05) is 0 Å². The summed E-state index contributed by atoms with van der Waals surface area (Å²) in [6, 6.07) is 11.1. The zero-order valence-corrected chi connectivity index (χ0v) is 17.0. The van der Waals surface area contributed by atoms with E-state index in [2.05, 4.69) is 10.0 Å². The van der Waals surface area contributed by atoms with Crippen molar-refractivity contribution in [3.63, 3.8) is 0 Å². The number of anilines is 1. The highest BCUT2D eigenvalue weighted by Crippen LogP contribution is 2.30. The van der Waals surface area contributed by atoms with E-state index in [4.69, 9.17) is 14.2 Å². The summed E-state index contributed by atoms with van der Waals surface area (Å²) < 4.78 is 41.5. The number of carbonyl (C=O) groups is 1. The van der Waals surface area contributed by atoms with Gasteiger partial charge in [-0.25, -0.2) is 13.1 Å². The van der Waals surface area contributed by atoms with Gasteiger partial charge < -0.3 is 19.5 Å². The third-order valence-electron chi connectivity index (χ3n) is 3.95. The predicted molar refractivity (Wildman–Crippen MR) is 107 cm³/mol. The molecule has 1 amide bonds. The highest BCUT2D eigenvalue weighted by molar-refractivity contribution is 7.88. The molecule has 1 atom stereocenters. The Morgan fingerprint density at radius 3 is 2.11 bits per heavy atom. The Morgan fingerprint density at radius 1 is 0.964 bits per heavy atom. The minimum absolute atomic E-state index is 0.103. The number of nitrogens with one attached hydrogen (secondary N) is 2. The maximum absolute atomic E-state index is 12.6. The van der Waals surface area contributed by atoms with Crippen molar-refractivity contribution >= 4 is 21.6 Å². The van der Waals surface area contributed by atoms with Crippen molar-refractivity contribution in [3.8, 4) is 17.2 Å². The molecular formula is C19H24N2O6S. The van der Waals surface area contributed by atoms with Crippen molar-refractivity contribution in [2.45, 2.75) is 12.5 Å². The average Bonchev–Trinajstić information content (AvgIpc) is 2.66. The van der Waals surface area contributed by atoms with Gasteiger partial charge in [-0.3, -0.25) is 4.79 Å². The third-order valence-corrected chi connectivity index (χ3v) is 4.66. The molecule has 0 aromatic heterocycles.